The molecule has 2 N–H and O–H groups in total. The van der Waals surface area contributed by atoms with Gasteiger partial charge in [0.1, 0.15) is 23.0 Å². The quantitative estimate of drug-likeness (QED) is 0.629. The Labute approximate surface area is 103 Å². The maximum atomic E-state index is 11.4. The molecule has 0 bridgehead atoms. The smallest absolute Gasteiger partial charge is 0.508 e. The van der Waals surface area contributed by atoms with E-state index in [9.17, 15) is 15.0 Å². The molecule has 0 saturated carbocycles. The maximum absolute atomic E-state index is 11.4. The maximum Gasteiger partial charge on any atom is 0.519 e. The number of phenolic OH excluding ortho intramolecular Hbond substituents is 2. The fourth-order valence-corrected chi connectivity index (χ4v) is 1.31. The SMILES string of the molecule is O=C(Oc1cccc(O)c1)Oc1cccc(O)c1. The van der Waals surface area contributed by atoms with E-state index >= 15 is 0 Å². The van der Waals surface area contributed by atoms with Gasteiger partial charge in [0.25, 0.3) is 0 Å². The minimum atomic E-state index is -0.953. The third-order valence-electron chi connectivity index (χ3n) is 2.04. The standard InChI is InChI=1S/C13H10O5/c14-9-3-1-5-11(7-9)17-13(16)18-12-6-2-4-10(15)8-12/h1-8,14-15H. The highest BCUT2D eigenvalue weighted by Crippen LogP contribution is 2.20. The summed E-state index contributed by atoms with van der Waals surface area (Å²) in [5.41, 5.74) is 0. The van der Waals surface area contributed by atoms with Crippen LogP contribution in [0.25, 0.3) is 0 Å². The zero-order valence-corrected chi connectivity index (χ0v) is 9.24. The van der Waals surface area contributed by atoms with Crippen molar-refractivity contribution in [3.63, 3.8) is 0 Å². The molecule has 0 unspecified atom stereocenters. The van der Waals surface area contributed by atoms with Gasteiger partial charge in [0, 0.05) is 12.1 Å². The fraction of sp³-hybridized carbons (Fsp3) is 0. The van der Waals surface area contributed by atoms with E-state index in [-0.39, 0.29) is 23.0 Å². The first kappa shape index (κ1) is 11.8. The van der Waals surface area contributed by atoms with Crippen LogP contribution >= 0.6 is 0 Å². The molecule has 0 atom stereocenters. The van der Waals surface area contributed by atoms with Crippen LogP contribution in [-0.2, 0) is 0 Å². The lowest BCUT2D eigenvalue weighted by atomic mass is 10.3. The van der Waals surface area contributed by atoms with E-state index in [4.69, 9.17) is 9.47 Å². The number of aromatic hydroxyl groups is 2. The molecular formula is C13H10O5. The molecule has 2 rings (SSSR count). The number of hydrogen-bond acceptors (Lipinski definition) is 5. The molecule has 0 spiro atoms. The fourth-order valence-electron chi connectivity index (χ4n) is 1.31. The predicted octanol–water partition coefficient (Wildman–Crippen LogP) is 2.68. The normalized spacial score (nSPS) is 9.78. The van der Waals surface area contributed by atoms with Crippen molar-refractivity contribution in [2.45, 2.75) is 0 Å². The molecule has 92 valence electrons. The number of ether oxygens (including phenoxy) is 2. The van der Waals surface area contributed by atoms with Crippen molar-refractivity contribution in [1.29, 1.82) is 0 Å². The molecular weight excluding hydrogens is 236 g/mol. The molecule has 5 heteroatoms. The lowest BCUT2D eigenvalue weighted by molar-refractivity contribution is 0.151. The third kappa shape index (κ3) is 3.15. The summed E-state index contributed by atoms with van der Waals surface area (Å²) in [7, 11) is 0. The summed E-state index contributed by atoms with van der Waals surface area (Å²) in [5.74, 6) is 0.301. The van der Waals surface area contributed by atoms with Crippen molar-refractivity contribution >= 4 is 6.16 Å². The minimum absolute atomic E-state index is 0.0161. The Morgan fingerprint density at radius 2 is 1.28 bits per heavy atom. The molecule has 0 fully saturated rings. The van der Waals surface area contributed by atoms with Crippen molar-refractivity contribution in [2.75, 3.05) is 0 Å². The van der Waals surface area contributed by atoms with Gasteiger partial charge in [-0.15, -0.1) is 0 Å². The monoisotopic (exact) mass is 246 g/mol. The van der Waals surface area contributed by atoms with Gasteiger partial charge in [-0.25, -0.2) is 4.79 Å². The van der Waals surface area contributed by atoms with E-state index in [1.54, 1.807) is 0 Å². The molecule has 0 heterocycles. The Balaban J connectivity index is 2.01. The van der Waals surface area contributed by atoms with Crippen LogP contribution in [0.5, 0.6) is 23.0 Å². The number of phenols is 2. The first-order valence-electron chi connectivity index (χ1n) is 5.11. The Morgan fingerprint density at radius 1 is 0.833 bits per heavy atom. The Kier molecular flexibility index (Phi) is 3.33. The minimum Gasteiger partial charge on any atom is -0.508 e. The predicted molar refractivity (Wildman–Crippen MR) is 62.9 cm³/mol. The summed E-state index contributed by atoms with van der Waals surface area (Å²) in [4.78, 5) is 11.4. The van der Waals surface area contributed by atoms with Crippen LogP contribution < -0.4 is 9.47 Å². The van der Waals surface area contributed by atoms with Gasteiger partial charge < -0.3 is 19.7 Å². The van der Waals surface area contributed by atoms with Gasteiger partial charge in [-0.1, -0.05) is 12.1 Å². The van der Waals surface area contributed by atoms with Crippen LogP contribution in [-0.4, -0.2) is 16.4 Å². The number of benzene rings is 2. The molecule has 0 aromatic heterocycles. The average Bonchev–Trinajstić information content (AvgIpc) is 2.28. The van der Waals surface area contributed by atoms with Crippen molar-refractivity contribution in [3.05, 3.63) is 48.5 Å². The lowest BCUT2D eigenvalue weighted by Gasteiger charge is -2.05. The second-order valence-corrected chi connectivity index (χ2v) is 3.45. The van der Waals surface area contributed by atoms with E-state index in [2.05, 4.69) is 0 Å². The Morgan fingerprint density at radius 3 is 1.67 bits per heavy atom. The zero-order chi connectivity index (χ0) is 13.0. The highest BCUT2D eigenvalue weighted by atomic mass is 16.7. The summed E-state index contributed by atoms with van der Waals surface area (Å²) >= 11 is 0. The van der Waals surface area contributed by atoms with Gasteiger partial charge in [-0.05, 0) is 24.3 Å². The van der Waals surface area contributed by atoms with Crippen LogP contribution in [0.15, 0.2) is 48.5 Å². The molecule has 0 aliphatic rings. The molecule has 0 amide bonds. The van der Waals surface area contributed by atoms with Crippen LogP contribution in [0.3, 0.4) is 0 Å². The van der Waals surface area contributed by atoms with Crippen LogP contribution in [0.2, 0.25) is 0 Å². The molecule has 0 saturated heterocycles. The first-order chi connectivity index (χ1) is 8.63. The van der Waals surface area contributed by atoms with Gasteiger partial charge >= 0.3 is 6.16 Å². The van der Waals surface area contributed by atoms with E-state index in [0.29, 0.717) is 0 Å². The third-order valence-corrected chi connectivity index (χ3v) is 2.04. The van der Waals surface area contributed by atoms with E-state index < -0.39 is 6.16 Å². The highest BCUT2D eigenvalue weighted by Gasteiger charge is 2.08. The van der Waals surface area contributed by atoms with Gasteiger partial charge in [0.15, 0.2) is 0 Å². The van der Waals surface area contributed by atoms with Crippen molar-refractivity contribution in [3.8, 4) is 23.0 Å². The summed E-state index contributed by atoms with van der Waals surface area (Å²) in [5, 5.41) is 18.4. The van der Waals surface area contributed by atoms with E-state index in [1.807, 2.05) is 0 Å². The number of carbonyl (C=O) groups is 1. The van der Waals surface area contributed by atoms with Crippen molar-refractivity contribution < 1.29 is 24.5 Å². The molecule has 2 aromatic carbocycles. The molecule has 18 heavy (non-hydrogen) atoms. The largest absolute Gasteiger partial charge is 0.519 e. The average molecular weight is 246 g/mol. The second-order valence-electron chi connectivity index (χ2n) is 3.45. The Hall–Kier alpha value is -2.69. The second kappa shape index (κ2) is 5.09. The highest BCUT2D eigenvalue weighted by molar-refractivity contribution is 5.67. The van der Waals surface area contributed by atoms with Crippen LogP contribution in [0.1, 0.15) is 0 Å². The summed E-state index contributed by atoms with van der Waals surface area (Å²) in [6.07, 6.45) is -0.953. The number of hydrogen-bond donors (Lipinski definition) is 2. The van der Waals surface area contributed by atoms with Crippen LogP contribution in [0, 0.1) is 0 Å². The van der Waals surface area contributed by atoms with Gasteiger partial charge in [0.2, 0.25) is 0 Å². The van der Waals surface area contributed by atoms with Crippen molar-refractivity contribution in [2.24, 2.45) is 0 Å². The summed E-state index contributed by atoms with van der Waals surface area (Å²) < 4.78 is 9.67. The van der Waals surface area contributed by atoms with Gasteiger partial charge in [-0.2, -0.15) is 0 Å². The number of carbonyl (C=O) groups excluding carboxylic acids is 1. The Bertz CT molecular complexity index is 515. The topological polar surface area (TPSA) is 76.0 Å². The molecule has 5 nitrogen and oxygen atoms in total. The lowest BCUT2D eigenvalue weighted by Crippen LogP contribution is -2.13. The molecule has 2 aromatic rings. The zero-order valence-electron chi connectivity index (χ0n) is 9.24. The van der Waals surface area contributed by atoms with E-state index in [1.165, 1.54) is 48.5 Å². The molecule has 0 radical (unpaired) electrons. The first-order valence-corrected chi connectivity index (χ1v) is 5.11. The molecule has 0 aliphatic heterocycles. The van der Waals surface area contributed by atoms with Crippen LogP contribution in [0.4, 0.5) is 4.79 Å². The molecule has 0 aliphatic carbocycles. The van der Waals surface area contributed by atoms with Gasteiger partial charge in [-0.3, -0.25) is 0 Å². The number of rotatable bonds is 2. The summed E-state index contributed by atoms with van der Waals surface area (Å²) in [6, 6.07) is 11.5. The van der Waals surface area contributed by atoms with Gasteiger partial charge in [0.05, 0.1) is 0 Å². The van der Waals surface area contributed by atoms with E-state index in [0.717, 1.165) is 0 Å². The summed E-state index contributed by atoms with van der Waals surface area (Å²) in [6.45, 7) is 0. The van der Waals surface area contributed by atoms with Crippen molar-refractivity contribution in [1.82, 2.24) is 0 Å².